The minimum absolute atomic E-state index is 0.0777. The minimum atomic E-state index is -1.14. The number of methoxy groups -OCH3 is 1. The van der Waals surface area contributed by atoms with E-state index in [0.29, 0.717) is 26.4 Å². The Bertz CT molecular complexity index is 495. The Morgan fingerprint density at radius 3 is 2.32 bits per heavy atom. The molecule has 0 aliphatic heterocycles. The lowest BCUT2D eigenvalue weighted by Gasteiger charge is -2.14. The molecule has 1 rings (SSSR count). The maximum atomic E-state index is 11.7. The molecule has 25 heavy (non-hydrogen) atoms. The quantitative estimate of drug-likeness (QED) is 0.516. The summed E-state index contributed by atoms with van der Waals surface area (Å²) >= 11 is 0. The molecule has 1 unspecified atom stereocenters. The first kappa shape index (κ1) is 20.9. The van der Waals surface area contributed by atoms with Crippen molar-refractivity contribution in [2.45, 2.75) is 19.1 Å². The average molecular weight is 355 g/mol. The van der Waals surface area contributed by atoms with Crippen LogP contribution in [0.3, 0.4) is 0 Å². The molecule has 0 aliphatic rings. The van der Waals surface area contributed by atoms with Gasteiger partial charge in [-0.2, -0.15) is 0 Å². The Hall–Kier alpha value is -2.16. The molecule has 8 nitrogen and oxygen atoms in total. The van der Waals surface area contributed by atoms with E-state index in [1.807, 2.05) is 30.3 Å². The normalized spacial score (nSPS) is 11.7. The molecule has 0 aromatic heterocycles. The fourth-order valence-corrected chi connectivity index (χ4v) is 1.83. The second-order valence-corrected chi connectivity index (χ2v) is 5.10. The van der Waals surface area contributed by atoms with Crippen molar-refractivity contribution in [1.82, 2.24) is 5.32 Å². The van der Waals surface area contributed by atoms with Crippen LogP contribution in [0.2, 0.25) is 0 Å². The summed E-state index contributed by atoms with van der Waals surface area (Å²) in [6, 6.07) is 8.06. The van der Waals surface area contributed by atoms with E-state index < -0.39 is 18.1 Å². The van der Waals surface area contributed by atoms with Crippen molar-refractivity contribution in [3.8, 4) is 0 Å². The van der Waals surface area contributed by atoms with Crippen LogP contribution in [0.1, 0.15) is 12.0 Å². The molecular weight excluding hydrogens is 330 g/mol. The lowest BCUT2D eigenvalue weighted by atomic mass is 10.2. The molecule has 0 saturated carbocycles. The van der Waals surface area contributed by atoms with E-state index in [4.69, 9.17) is 24.1 Å². The molecule has 2 N–H and O–H groups in total. The zero-order valence-corrected chi connectivity index (χ0v) is 14.3. The highest BCUT2D eigenvalue weighted by atomic mass is 16.6. The number of rotatable bonds is 13. The van der Waals surface area contributed by atoms with Gasteiger partial charge in [0.2, 0.25) is 0 Å². The number of ether oxygens (including phenoxy) is 4. The van der Waals surface area contributed by atoms with Gasteiger partial charge in [0.05, 0.1) is 26.4 Å². The molecule has 0 saturated heterocycles. The smallest absolute Gasteiger partial charge is 0.408 e. The molecule has 140 valence electrons. The van der Waals surface area contributed by atoms with Crippen molar-refractivity contribution < 1.29 is 33.6 Å². The van der Waals surface area contributed by atoms with E-state index in [-0.39, 0.29) is 19.6 Å². The molecule has 0 radical (unpaired) electrons. The zero-order chi connectivity index (χ0) is 18.3. The fraction of sp³-hybridized carbons (Fsp3) is 0.529. The first-order valence-corrected chi connectivity index (χ1v) is 7.98. The van der Waals surface area contributed by atoms with E-state index in [1.54, 1.807) is 7.11 Å². The van der Waals surface area contributed by atoms with Crippen molar-refractivity contribution in [3.63, 3.8) is 0 Å². The number of carbonyl (C=O) groups excluding carboxylic acids is 1. The van der Waals surface area contributed by atoms with Crippen LogP contribution in [-0.4, -0.2) is 63.4 Å². The van der Waals surface area contributed by atoms with E-state index >= 15 is 0 Å². The first-order valence-electron chi connectivity index (χ1n) is 7.98. The summed E-state index contributed by atoms with van der Waals surface area (Å²) in [5.74, 6) is -1.14. The van der Waals surface area contributed by atoms with Gasteiger partial charge in [-0.25, -0.2) is 9.59 Å². The lowest BCUT2D eigenvalue weighted by molar-refractivity contribution is -0.139. The number of hydrogen-bond acceptors (Lipinski definition) is 6. The number of nitrogens with one attached hydrogen (secondary N) is 1. The van der Waals surface area contributed by atoms with Crippen LogP contribution >= 0.6 is 0 Å². The van der Waals surface area contributed by atoms with Crippen molar-refractivity contribution in [1.29, 1.82) is 0 Å². The summed E-state index contributed by atoms with van der Waals surface area (Å²) in [6.45, 7) is 1.99. The van der Waals surface area contributed by atoms with Gasteiger partial charge in [0, 0.05) is 20.1 Å². The van der Waals surface area contributed by atoms with Crippen molar-refractivity contribution >= 4 is 12.1 Å². The van der Waals surface area contributed by atoms with Crippen molar-refractivity contribution in [2.75, 3.05) is 40.1 Å². The van der Waals surface area contributed by atoms with Crippen LogP contribution in [0.25, 0.3) is 0 Å². The highest BCUT2D eigenvalue weighted by molar-refractivity contribution is 5.79. The maximum Gasteiger partial charge on any atom is 0.408 e. The predicted octanol–water partition coefficient (Wildman–Crippen LogP) is 1.44. The van der Waals surface area contributed by atoms with Crippen LogP contribution in [0.15, 0.2) is 30.3 Å². The summed E-state index contributed by atoms with van der Waals surface area (Å²) < 4.78 is 20.3. The summed E-state index contributed by atoms with van der Waals surface area (Å²) in [5.41, 5.74) is 0.821. The Kier molecular flexibility index (Phi) is 11.0. The van der Waals surface area contributed by atoms with Gasteiger partial charge in [0.25, 0.3) is 0 Å². The van der Waals surface area contributed by atoms with Crippen LogP contribution in [0.4, 0.5) is 4.79 Å². The third kappa shape index (κ3) is 10.3. The molecule has 1 atom stereocenters. The summed E-state index contributed by atoms with van der Waals surface area (Å²) in [7, 11) is 1.59. The topological polar surface area (TPSA) is 103 Å². The summed E-state index contributed by atoms with van der Waals surface area (Å²) in [6.07, 6.45) is -0.646. The standard InChI is InChI=1S/C17H25NO7/c1-22-9-10-24-12-11-23-8-7-15(16(19)20)18-17(21)25-13-14-5-3-2-4-6-14/h2-6,15H,7-13H2,1H3,(H,18,21)(H,19,20). The van der Waals surface area contributed by atoms with Gasteiger partial charge >= 0.3 is 12.1 Å². The van der Waals surface area contributed by atoms with Crippen LogP contribution in [0.5, 0.6) is 0 Å². The molecule has 8 heteroatoms. The van der Waals surface area contributed by atoms with E-state index in [0.717, 1.165) is 5.56 Å². The fourth-order valence-electron chi connectivity index (χ4n) is 1.83. The Labute approximate surface area is 147 Å². The number of amides is 1. The van der Waals surface area contributed by atoms with Gasteiger partial charge in [-0.05, 0) is 5.56 Å². The third-order valence-electron chi connectivity index (χ3n) is 3.16. The monoisotopic (exact) mass is 355 g/mol. The molecule has 0 bridgehead atoms. The first-order chi connectivity index (χ1) is 12.1. The molecule has 0 heterocycles. The zero-order valence-electron chi connectivity index (χ0n) is 14.3. The van der Waals surface area contributed by atoms with Gasteiger partial charge in [-0.15, -0.1) is 0 Å². The highest BCUT2D eigenvalue weighted by Gasteiger charge is 2.20. The molecule has 0 aliphatic carbocycles. The number of benzene rings is 1. The van der Waals surface area contributed by atoms with Gasteiger partial charge < -0.3 is 29.4 Å². The lowest BCUT2D eigenvalue weighted by Crippen LogP contribution is -2.41. The molecule has 0 spiro atoms. The number of aliphatic carboxylic acids is 1. The molecule has 1 aromatic carbocycles. The Balaban J connectivity index is 2.18. The molecule has 0 fully saturated rings. The van der Waals surface area contributed by atoms with E-state index in [1.165, 1.54) is 0 Å². The molecular formula is C17H25NO7. The summed E-state index contributed by atoms with van der Waals surface area (Å²) in [5, 5.41) is 11.5. The maximum absolute atomic E-state index is 11.7. The number of carboxylic acid groups (broad SMARTS) is 1. The van der Waals surface area contributed by atoms with Crippen LogP contribution < -0.4 is 5.32 Å². The average Bonchev–Trinajstić information content (AvgIpc) is 2.62. The minimum Gasteiger partial charge on any atom is -0.480 e. The van der Waals surface area contributed by atoms with Crippen molar-refractivity contribution in [3.05, 3.63) is 35.9 Å². The van der Waals surface area contributed by atoms with Gasteiger partial charge in [-0.3, -0.25) is 0 Å². The highest BCUT2D eigenvalue weighted by Crippen LogP contribution is 2.01. The largest absolute Gasteiger partial charge is 0.480 e. The summed E-state index contributed by atoms with van der Waals surface area (Å²) in [4.78, 5) is 22.9. The van der Waals surface area contributed by atoms with Crippen LogP contribution in [0, 0.1) is 0 Å². The van der Waals surface area contributed by atoms with Gasteiger partial charge in [0.15, 0.2) is 0 Å². The number of carboxylic acids is 1. The SMILES string of the molecule is COCCOCCOCCC(NC(=O)OCc1ccccc1)C(=O)O. The predicted molar refractivity (Wildman–Crippen MR) is 89.3 cm³/mol. The third-order valence-corrected chi connectivity index (χ3v) is 3.16. The number of alkyl carbamates (subject to hydrolysis) is 1. The van der Waals surface area contributed by atoms with Crippen molar-refractivity contribution in [2.24, 2.45) is 0 Å². The number of hydrogen-bond donors (Lipinski definition) is 2. The second-order valence-electron chi connectivity index (χ2n) is 5.10. The number of carbonyl (C=O) groups is 2. The molecule has 1 amide bonds. The van der Waals surface area contributed by atoms with Crippen LogP contribution in [-0.2, 0) is 30.3 Å². The Morgan fingerprint density at radius 1 is 1.04 bits per heavy atom. The molecule has 1 aromatic rings. The van der Waals surface area contributed by atoms with E-state index in [2.05, 4.69) is 5.32 Å². The van der Waals surface area contributed by atoms with Gasteiger partial charge in [0.1, 0.15) is 12.6 Å². The Morgan fingerprint density at radius 2 is 1.68 bits per heavy atom. The van der Waals surface area contributed by atoms with E-state index in [9.17, 15) is 9.59 Å². The van der Waals surface area contributed by atoms with Gasteiger partial charge in [-0.1, -0.05) is 30.3 Å². The second kappa shape index (κ2) is 13.2.